The fraction of sp³-hybridized carbons (Fsp3) is 0.531. The summed E-state index contributed by atoms with van der Waals surface area (Å²) in [5.74, 6) is 2.26. The molecule has 0 aliphatic carbocycles. The molecule has 3 aliphatic rings. The number of ether oxygens (including phenoxy) is 5. The number of hydrogen-bond acceptors (Lipinski definition) is 9. The Morgan fingerprint density at radius 1 is 1.02 bits per heavy atom. The Labute approximate surface area is 253 Å². The highest BCUT2D eigenvalue weighted by atomic mass is 16.7. The van der Waals surface area contributed by atoms with Gasteiger partial charge in [0.25, 0.3) is 5.91 Å². The molecule has 43 heavy (non-hydrogen) atoms. The van der Waals surface area contributed by atoms with E-state index in [4.69, 9.17) is 28.8 Å². The summed E-state index contributed by atoms with van der Waals surface area (Å²) in [6, 6.07) is 10.8. The Hall–Kier alpha value is -3.83. The number of amides is 2. The Balaban J connectivity index is 1.43. The van der Waals surface area contributed by atoms with Crippen LogP contribution in [0.3, 0.4) is 0 Å². The maximum atomic E-state index is 14.1. The van der Waals surface area contributed by atoms with Gasteiger partial charge in [0.15, 0.2) is 11.5 Å². The van der Waals surface area contributed by atoms with Crippen LogP contribution in [0, 0.1) is 5.41 Å². The van der Waals surface area contributed by atoms with E-state index in [0.29, 0.717) is 67.9 Å². The van der Waals surface area contributed by atoms with Crippen LogP contribution in [0.25, 0.3) is 0 Å². The monoisotopic (exact) mass is 594 g/mol. The third kappa shape index (κ3) is 7.40. The van der Waals surface area contributed by atoms with Crippen molar-refractivity contribution in [2.75, 3.05) is 67.0 Å². The minimum atomic E-state index is -0.400. The lowest BCUT2D eigenvalue weighted by Gasteiger charge is -2.32. The van der Waals surface area contributed by atoms with Gasteiger partial charge in [-0.1, -0.05) is 26.8 Å². The zero-order valence-corrected chi connectivity index (χ0v) is 25.8. The minimum Gasteiger partial charge on any atom is -0.497 e. The number of fused-ring (bicyclic) bond motifs is 1. The van der Waals surface area contributed by atoms with Gasteiger partial charge in [0.1, 0.15) is 18.0 Å². The van der Waals surface area contributed by atoms with Gasteiger partial charge in [0.05, 0.1) is 39.2 Å². The van der Waals surface area contributed by atoms with Crippen molar-refractivity contribution < 1.29 is 33.3 Å². The second-order valence-corrected chi connectivity index (χ2v) is 12.2. The van der Waals surface area contributed by atoms with Crippen LogP contribution in [0.15, 0.2) is 41.5 Å². The highest BCUT2D eigenvalue weighted by Crippen LogP contribution is 2.40. The fourth-order valence-electron chi connectivity index (χ4n) is 5.50. The molecule has 1 unspecified atom stereocenters. The van der Waals surface area contributed by atoms with Gasteiger partial charge in [0, 0.05) is 50.7 Å². The van der Waals surface area contributed by atoms with E-state index in [2.05, 4.69) is 4.90 Å². The summed E-state index contributed by atoms with van der Waals surface area (Å²) >= 11 is 0. The molecule has 5 rings (SSSR count). The van der Waals surface area contributed by atoms with Crippen LogP contribution < -0.4 is 18.9 Å². The average Bonchev–Trinajstić information content (AvgIpc) is 3.65. The lowest BCUT2D eigenvalue weighted by molar-refractivity contribution is -0.142. The summed E-state index contributed by atoms with van der Waals surface area (Å²) in [5, 5.41) is 6.37. The average molecular weight is 595 g/mol. The van der Waals surface area contributed by atoms with E-state index in [-0.39, 0.29) is 30.6 Å². The van der Waals surface area contributed by atoms with E-state index in [9.17, 15) is 9.59 Å². The van der Waals surface area contributed by atoms with Gasteiger partial charge in [-0.05, 0) is 35.2 Å². The van der Waals surface area contributed by atoms with Gasteiger partial charge in [-0.15, -0.1) is 0 Å². The molecule has 2 aromatic rings. The smallest absolute Gasteiger partial charge is 0.262 e. The normalized spacial score (nSPS) is 18.4. The van der Waals surface area contributed by atoms with Crippen molar-refractivity contribution in [3.8, 4) is 23.0 Å². The van der Waals surface area contributed by atoms with Gasteiger partial charge in [0.2, 0.25) is 12.7 Å². The topological polar surface area (TPSA) is 102 Å². The second kappa shape index (κ2) is 13.2. The molecule has 2 amide bonds. The first-order chi connectivity index (χ1) is 20.6. The van der Waals surface area contributed by atoms with E-state index in [0.717, 1.165) is 24.2 Å². The van der Waals surface area contributed by atoms with Crippen molar-refractivity contribution >= 4 is 17.5 Å². The van der Waals surface area contributed by atoms with Crippen LogP contribution in [0.5, 0.6) is 23.0 Å². The molecule has 3 aliphatic heterocycles. The van der Waals surface area contributed by atoms with Gasteiger partial charge in [-0.2, -0.15) is 5.10 Å². The first kappa shape index (κ1) is 30.6. The summed E-state index contributed by atoms with van der Waals surface area (Å²) in [4.78, 5) is 31.6. The third-order valence-electron chi connectivity index (χ3n) is 7.82. The summed E-state index contributed by atoms with van der Waals surface area (Å²) in [5.41, 5.74) is 2.13. The quantitative estimate of drug-likeness (QED) is 0.411. The van der Waals surface area contributed by atoms with Crippen LogP contribution >= 0.6 is 0 Å². The van der Waals surface area contributed by atoms with Crippen molar-refractivity contribution in [1.82, 2.24) is 14.8 Å². The van der Waals surface area contributed by atoms with E-state index >= 15 is 0 Å². The van der Waals surface area contributed by atoms with Crippen molar-refractivity contribution in [3.05, 3.63) is 47.5 Å². The van der Waals surface area contributed by atoms with Crippen LogP contribution in [0.1, 0.15) is 50.8 Å². The number of nitrogens with zero attached hydrogens (tertiary/aromatic N) is 4. The first-order valence-corrected chi connectivity index (χ1v) is 14.7. The number of methoxy groups -OCH3 is 2. The summed E-state index contributed by atoms with van der Waals surface area (Å²) in [7, 11) is 3.20. The minimum absolute atomic E-state index is 0.0473. The van der Waals surface area contributed by atoms with Gasteiger partial charge in [-0.25, -0.2) is 5.01 Å². The third-order valence-corrected chi connectivity index (χ3v) is 7.82. The molecule has 0 saturated carbocycles. The fourth-order valence-corrected chi connectivity index (χ4v) is 5.50. The Kier molecular flexibility index (Phi) is 9.41. The number of hydrogen-bond donors (Lipinski definition) is 0. The zero-order chi connectivity index (χ0) is 30.6. The molecule has 2 aromatic carbocycles. The Bertz CT molecular complexity index is 1350. The lowest BCUT2D eigenvalue weighted by atomic mass is 9.91. The molecule has 0 radical (unpaired) electrons. The molecule has 0 N–H and O–H groups in total. The van der Waals surface area contributed by atoms with Crippen LogP contribution in [0.2, 0.25) is 0 Å². The van der Waals surface area contributed by atoms with Crippen molar-refractivity contribution in [2.24, 2.45) is 10.5 Å². The van der Waals surface area contributed by atoms with Crippen LogP contribution in [-0.2, 0) is 14.3 Å². The predicted molar refractivity (Wildman–Crippen MR) is 161 cm³/mol. The van der Waals surface area contributed by atoms with Gasteiger partial charge >= 0.3 is 0 Å². The molecule has 0 bridgehead atoms. The molecule has 11 nitrogen and oxygen atoms in total. The van der Waals surface area contributed by atoms with Crippen molar-refractivity contribution in [1.29, 1.82) is 0 Å². The first-order valence-electron chi connectivity index (χ1n) is 14.7. The molecule has 232 valence electrons. The maximum absolute atomic E-state index is 14.1. The summed E-state index contributed by atoms with van der Waals surface area (Å²) in [6.45, 7) is 10.3. The SMILES string of the molecule is COc1ccc(C2=NN(C(=O)CN(CCN3CCOCC3)C(=O)CC(C)(C)C)C(c3ccc4c(c3)OCO4)C2)c(OC)c1. The zero-order valence-electron chi connectivity index (χ0n) is 25.8. The van der Waals surface area contributed by atoms with Gasteiger partial charge < -0.3 is 28.6 Å². The molecule has 1 atom stereocenters. The molecule has 0 aromatic heterocycles. The summed E-state index contributed by atoms with van der Waals surface area (Å²) in [6.07, 6.45) is 0.796. The van der Waals surface area contributed by atoms with Crippen molar-refractivity contribution in [2.45, 2.75) is 39.7 Å². The van der Waals surface area contributed by atoms with Crippen molar-refractivity contribution in [3.63, 3.8) is 0 Å². The van der Waals surface area contributed by atoms with E-state index in [1.165, 1.54) is 5.01 Å². The maximum Gasteiger partial charge on any atom is 0.262 e. The predicted octanol–water partition coefficient (Wildman–Crippen LogP) is 3.71. The molecule has 0 spiro atoms. The number of rotatable bonds is 10. The number of carbonyl (C=O) groups is 2. The number of benzene rings is 2. The van der Waals surface area contributed by atoms with Crippen LogP contribution in [-0.4, -0.2) is 99.3 Å². The highest BCUT2D eigenvalue weighted by Gasteiger charge is 2.36. The highest BCUT2D eigenvalue weighted by molar-refractivity contribution is 6.05. The lowest BCUT2D eigenvalue weighted by Crippen LogP contribution is -2.47. The standard InChI is InChI=1S/C32H42N4O7/c1-32(2,3)19-30(37)35(11-10-34-12-14-41-15-13-34)20-31(38)36-26(22-6-9-27-29(16-22)43-21-42-27)18-25(33-36)24-8-7-23(39-4)17-28(24)40-5/h6-9,16-17,26H,10-15,18-21H2,1-5H3. The molecule has 11 heteroatoms. The van der Waals surface area contributed by atoms with E-state index in [1.54, 1.807) is 25.2 Å². The number of hydrazone groups is 1. The van der Waals surface area contributed by atoms with Gasteiger partial charge in [-0.3, -0.25) is 14.5 Å². The second-order valence-electron chi connectivity index (χ2n) is 12.2. The van der Waals surface area contributed by atoms with E-state index in [1.807, 2.05) is 51.1 Å². The molecular formula is C32H42N4O7. The number of morpholine rings is 1. The molecule has 1 fully saturated rings. The number of carbonyl (C=O) groups excluding carboxylic acids is 2. The Morgan fingerprint density at radius 2 is 1.79 bits per heavy atom. The van der Waals surface area contributed by atoms with Crippen LogP contribution in [0.4, 0.5) is 0 Å². The Morgan fingerprint density at radius 3 is 2.51 bits per heavy atom. The largest absolute Gasteiger partial charge is 0.497 e. The molecular weight excluding hydrogens is 552 g/mol. The molecule has 1 saturated heterocycles. The summed E-state index contributed by atoms with van der Waals surface area (Å²) < 4.78 is 27.7. The van der Waals surface area contributed by atoms with E-state index < -0.39 is 6.04 Å². The molecule has 3 heterocycles.